The van der Waals surface area contributed by atoms with Crippen LogP contribution in [-0.2, 0) is 6.42 Å². The molecule has 1 aliphatic rings. The smallest absolute Gasteiger partial charge is 0.00198 e. The first-order valence-corrected chi connectivity index (χ1v) is 6.38. The van der Waals surface area contributed by atoms with E-state index in [-0.39, 0.29) is 0 Å². The number of aryl methyl sites for hydroxylation is 2. The molecule has 2 atom stereocenters. The Kier molecular flexibility index (Phi) is 3.34. The van der Waals surface area contributed by atoms with Crippen LogP contribution in [0.3, 0.4) is 0 Å². The summed E-state index contributed by atoms with van der Waals surface area (Å²) in [7, 11) is 2.06. The van der Waals surface area contributed by atoms with Gasteiger partial charge in [0.05, 0.1) is 0 Å². The molecule has 0 saturated heterocycles. The topological polar surface area (TPSA) is 12.0 Å². The summed E-state index contributed by atoms with van der Waals surface area (Å²) >= 11 is 0. The number of hydrogen-bond donors (Lipinski definition) is 1. The predicted octanol–water partition coefficient (Wildman–Crippen LogP) is 3.19. The van der Waals surface area contributed by atoms with E-state index in [1.807, 2.05) is 0 Å². The third-order valence-electron chi connectivity index (χ3n) is 4.01. The lowest BCUT2D eigenvalue weighted by atomic mass is 9.74. The number of rotatable bonds is 2. The second-order valence-corrected chi connectivity index (χ2v) is 5.33. The third-order valence-corrected chi connectivity index (χ3v) is 4.01. The van der Waals surface area contributed by atoms with Gasteiger partial charge < -0.3 is 5.32 Å². The van der Waals surface area contributed by atoms with E-state index >= 15 is 0 Å². The Bertz CT molecular complexity index is 381. The Morgan fingerprint density at radius 3 is 2.75 bits per heavy atom. The van der Waals surface area contributed by atoms with Gasteiger partial charge in [0, 0.05) is 6.54 Å². The number of hydrogen-bond acceptors (Lipinski definition) is 1. The van der Waals surface area contributed by atoms with Crippen molar-refractivity contribution in [2.24, 2.45) is 5.92 Å². The summed E-state index contributed by atoms with van der Waals surface area (Å²) in [4.78, 5) is 0. The molecule has 0 amide bonds. The van der Waals surface area contributed by atoms with Crippen molar-refractivity contribution in [2.75, 3.05) is 13.6 Å². The Morgan fingerprint density at radius 2 is 2.06 bits per heavy atom. The van der Waals surface area contributed by atoms with E-state index in [0.29, 0.717) is 5.92 Å². The van der Waals surface area contributed by atoms with E-state index in [0.717, 1.165) is 12.5 Å². The zero-order valence-electron chi connectivity index (χ0n) is 10.9. The fourth-order valence-corrected chi connectivity index (χ4v) is 3.11. The summed E-state index contributed by atoms with van der Waals surface area (Å²) in [5.74, 6) is 1.51. The number of likely N-dealkylation sites (N-methyl/N-ethyl adjacent to an activating group) is 1. The predicted molar refractivity (Wildman–Crippen MR) is 70.1 cm³/mol. The molecule has 1 aromatic carbocycles. The molecule has 0 fully saturated rings. The molecule has 1 aliphatic carbocycles. The van der Waals surface area contributed by atoms with Gasteiger partial charge in [-0.15, -0.1) is 0 Å². The van der Waals surface area contributed by atoms with E-state index in [1.54, 1.807) is 11.1 Å². The van der Waals surface area contributed by atoms with Crippen molar-refractivity contribution < 1.29 is 0 Å². The molecule has 0 aliphatic heterocycles. The molecule has 16 heavy (non-hydrogen) atoms. The highest BCUT2D eigenvalue weighted by molar-refractivity contribution is 5.42. The largest absolute Gasteiger partial charge is 0.319 e. The van der Waals surface area contributed by atoms with Crippen LogP contribution in [0.15, 0.2) is 12.1 Å². The summed E-state index contributed by atoms with van der Waals surface area (Å²) in [5.41, 5.74) is 6.11. The fraction of sp³-hybridized carbons (Fsp3) is 0.600. The molecule has 0 radical (unpaired) electrons. The average molecular weight is 217 g/mol. The molecule has 1 heteroatoms. The van der Waals surface area contributed by atoms with Gasteiger partial charge >= 0.3 is 0 Å². The van der Waals surface area contributed by atoms with Crippen molar-refractivity contribution in [3.63, 3.8) is 0 Å². The van der Waals surface area contributed by atoms with Gasteiger partial charge in [-0.05, 0) is 62.3 Å². The van der Waals surface area contributed by atoms with Gasteiger partial charge in [0.1, 0.15) is 0 Å². The van der Waals surface area contributed by atoms with Crippen LogP contribution >= 0.6 is 0 Å². The molecule has 2 unspecified atom stereocenters. The molecule has 1 aromatic rings. The van der Waals surface area contributed by atoms with Gasteiger partial charge in [0.2, 0.25) is 0 Å². The van der Waals surface area contributed by atoms with Crippen LogP contribution in [0.25, 0.3) is 0 Å². The molecule has 0 saturated carbocycles. The second-order valence-electron chi connectivity index (χ2n) is 5.33. The van der Waals surface area contributed by atoms with Crippen LogP contribution in [-0.4, -0.2) is 13.6 Å². The van der Waals surface area contributed by atoms with E-state index < -0.39 is 0 Å². The van der Waals surface area contributed by atoms with Gasteiger partial charge in [-0.2, -0.15) is 0 Å². The van der Waals surface area contributed by atoms with Crippen LogP contribution in [0.2, 0.25) is 0 Å². The van der Waals surface area contributed by atoms with Gasteiger partial charge in [0.15, 0.2) is 0 Å². The Balaban J connectivity index is 2.45. The van der Waals surface area contributed by atoms with Crippen molar-refractivity contribution in [1.29, 1.82) is 0 Å². The first-order valence-electron chi connectivity index (χ1n) is 6.38. The molecule has 0 aromatic heterocycles. The third kappa shape index (κ3) is 2.01. The molecule has 0 spiro atoms. The maximum atomic E-state index is 3.35. The Morgan fingerprint density at radius 1 is 1.31 bits per heavy atom. The summed E-state index contributed by atoms with van der Waals surface area (Å²) < 4.78 is 0. The molecule has 1 nitrogen and oxygen atoms in total. The lowest BCUT2D eigenvalue weighted by molar-refractivity contribution is 0.392. The first kappa shape index (κ1) is 11.7. The average Bonchev–Trinajstić information content (AvgIpc) is 2.22. The summed E-state index contributed by atoms with van der Waals surface area (Å²) in [6.07, 6.45) is 2.60. The zero-order valence-corrected chi connectivity index (χ0v) is 10.9. The maximum Gasteiger partial charge on any atom is 0.00198 e. The minimum Gasteiger partial charge on any atom is -0.319 e. The van der Waals surface area contributed by atoms with Gasteiger partial charge in [-0.25, -0.2) is 0 Å². The van der Waals surface area contributed by atoms with E-state index in [2.05, 4.69) is 45.3 Å². The quantitative estimate of drug-likeness (QED) is 0.802. The maximum absolute atomic E-state index is 3.35. The Labute approximate surface area is 99.3 Å². The van der Waals surface area contributed by atoms with Gasteiger partial charge in [-0.1, -0.05) is 24.6 Å². The molecule has 1 N–H and O–H groups in total. The van der Waals surface area contributed by atoms with Crippen molar-refractivity contribution in [2.45, 2.75) is 39.5 Å². The summed E-state index contributed by atoms with van der Waals surface area (Å²) in [6, 6.07) is 4.73. The van der Waals surface area contributed by atoms with Crippen molar-refractivity contribution >= 4 is 0 Å². The van der Waals surface area contributed by atoms with Gasteiger partial charge in [-0.3, -0.25) is 0 Å². The molecule has 88 valence electrons. The molecular formula is C15H23N. The second kappa shape index (κ2) is 4.58. The van der Waals surface area contributed by atoms with Crippen LogP contribution in [0, 0.1) is 19.8 Å². The van der Waals surface area contributed by atoms with Crippen LogP contribution in [0.1, 0.15) is 41.5 Å². The SMILES string of the molecule is CNCC1c2cc(C)cc(C)c2CCC1C. The number of benzene rings is 1. The van der Waals surface area contributed by atoms with Crippen LogP contribution in [0.5, 0.6) is 0 Å². The fourth-order valence-electron chi connectivity index (χ4n) is 3.11. The zero-order chi connectivity index (χ0) is 11.7. The van der Waals surface area contributed by atoms with E-state index in [4.69, 9.17) is 0 Å². The van der Waals surface area contributed by atoms with Crippen molar-refractivity contribution in [1.82, 2.24) is 5.32 Å². The number of fused-ring (bicyclic) bond motifs is 1. The molecule has 0 bridgehead atoms. The molecular weight excluding hydrogens is 194 g/mol. The minimum absolute atomic E-state index is 0.701. The van der Waals surface area contributed by atoms with Gasteiger partial charge in [0.25, 0.3) is 0 Å². The first-order chi connectivity index (χ1) is 7.63. The highest BCUT2D eigenvalue weighted by Gasteiger charge is 2.26. The molecule has 0 heterocycles. The Hall–Kier alpha value is -0.820. The number of nitrogens with one attached hydrogen (secondary N) is 1. The van der Waals surface area contributed by atoms with E-state index in [9.17, 15) is 0 Å². The van der Waals surface area contributed by atoms with E-state index in [1.165, 1.54) is 24.0 Å². The van der Waals surface area contributed by atoms with Crippen LogP contribution in [0.4, 0.5) is 0 Å². The monoisotopic (exact) mass is 217 g/mol. The summed E-state index contributed by atoms with van der Waals surface area (Å²) in [6.45, 7) is 7.97. The lowest BCUT2D eigenvalue weighted by Gasteiger charge is -2.32. The minimum atomic E-state index is 0.701. The standard InChI is InChI=1S/C15H23N/c1-10-7-12(3)13-6-5-11(2)15(9-16-4)14(13)8-10/h7-8,11,15-16H,5-6,9H2,1-4H3. The van der Waals surface area contributed by atoms with Crippen molar-refractivity contribution in [3.05, 3.63) is 34.4 Å². The normalized spacial score (nSPS) is 24.2. The highest BCUT2D eigenvalue weighted by Crippen LogP contribution is 2.37. The lowest BCUT2D eigenvalue weighted by Crippen LogP contribution is -2.27. The van der Waals surface area contributed by atoms with Crippen LogP contribution < -0.4 is 5.32 Å². The van der Waals surface area contributed by atoms with Crippen molar-refractivity contribution in [3.8, 4) is 0 Å². The molecule has 2 rings (SSSR count). The summed E-state index contributed by atoms with van der Waals surface area (Å²) in [5, 5.41) is 3.35. The highest BCUT2D eigenvalue weighted by atomic mass is 14.8.